The number of aromatic nitrogens is 1. The van der Waals surface area contributed by atoms with E-state index < -0.39 is 5.91 Å². The first-order valence-electron chi connectivity index (χ1n) is 10.9. The van der Waals surface area contributed by atoms with Gasteiger partial charge in [-0.2, -0.15) is 0 Å². The van der Waals surface area contributed by atoms with Gasteiger partial charge in [0.1, 0.15) is 17.0 Å². The van der Waals surface area contributed by atoms with E-state index >= 15 is 0 Å². The van der Waals surface area contributed by atoms with Crippen LogP contribution < -0.4 is 10.6 Å². The van der Waals surface area contributed by atoms with Gasteiger partial charge in [-0.05, 0) is 91.1 Å². The van der Waals surface area contributed by atoms with Crippen LogP contribution in [-0.4, -0.2) is 16.0 Å². The average Bonchev–Trinajstić information content (AvgIpc) is 3.50. The Morgan fingerprint density at radius 3 is 2.43 bits per heavy atom. The number of benzene rings is 3. The summed E-state index contributed by atoms with van der Waals surface area (Å²) >= 11 is 23.4. The summed E-state index contributed by atoms with van der Waals surface area (Å²) in [6.45, 7) is 0. The monoisotopic (exact) mass is 567 g/mol. The molecule has 5 rings (SSSR count). The Balaban J connectivity index is 1.17. The van der Waals surface area contributed by atoms with Crippen LogP contribution in [0.4, 0.5) is 5.69 Å². The fourth-order valence-corrected chi connectivity index (χ4v) is 4.36. The zero-order valence-electron chi connectivity index (χ0n) is 18.8. The van der Waals surface area contributed by atoms with Crippen molar-refractivity contribution >= 4 is 80.9 Å². The number of hydrogen-bond acceptors (Lipinski definition) is 5. The molecule has 1 amide bonds. The van der Waals surface area contributed by atoms with Crippen LogP contribution in [-0.2, 0) is 4.79 Å². The second kappa shape index (κ2) is 10.8. The van der Waals surface area contributed by atoms with Crippen LogP contribution in [0.15, 0.2) is 87.7 Å². The molecule has 3 aromatic carbocycles. The van der Waals surface area contributed by atoms with E-state index in [0.29, 0.717) is 54.8 Å². The average molecular weight is 569 g/mol. The molecule has 0 radical (unpaired) electrons. The number of hydrogen-bond donors (Lipinski definition) is 2. The molecule has 2 N–H and O–H groups in total. The molecular weight excluding hydrogens is 553 g/mol. The summed E-state index contributed by atoms with van der Waals surface area (Å²) < 4.78 is 11.5. The Morgan fingerprint density at radius 1 is 0.892 bits per heavy atom. The fraction of sp³-hybridized carbons (Fsp3) is 0. The fourth-order valence-electron chi connectivity index (χ4n) is 3.47. The molecule has 10 heteroatoms. The highest BCUT2D eigenvalue weighted by atomic mass is 35.5. The number of furan rings is 1. The van der Waals surface area contributed by atoms with Crippen molar-refractivity contribution in [2.45, 2.75) is 0 Å². The van der Waals surface area contributed by atoms with Gasteiger partial charge in [0.15, 0.2) is 10.7 Å². The Bertz CT molecular complexity index is 1660. The van der Waals surface area contributed by atoms with E-state index in [0.717, 1.165) is 5.56 Å². The van der Waals surface area contributed by atoms with E-state index in [-0.39, 0.29) is 5.11 Å². The number of carbonyl (C=O) groups excluding carboxylic acids is 1. The third-order valence-corrected chi connectivity index (χ3v) is 6.19. The van der Waals surface area contributed by atoms with E-state index in [4.69, 9.17) is 55.9 Å². The predicted octanol–water partition coefficient (Wildman–Crippen LogP) is 8.24. The number of amides is 1. The third-order valence-electron chi connectivity index (χ3n) is 5.20. The molecular formula is C27H16Cl3N3O3S. The number of rotatable bonds is 5. The highest BCUT2D eigenvalue weighted by molar-refractivity contribution is 7.80. The van der Waals surface area contributed by atoms with E-state index in [1.54, 1.807) is 60.7 Å². The SMILES string of the molecule is O=C(/C=C/c1ccc(-c2ccc(Cl)cc2Cl)o1)NC(=S)Nc1ccc(-c2nc3cc(Cl)ccc3o2)cc1. The summed E-state index contributed by atoms with van der Waals surface area (Å²) in [6.07, 6.45) is 2.86. The summed E-state index contributed by atoms with van der Waals surface area (Å²) in [4.78, 5) is 16.8. The molecule has 37 heavy (non-hydrogen) atoms. The van der Waals surface area contributed by atoms with Gasteiger partial charge in [0.2, 0.25) is 11.8 Å². The first-order valence-corrected chi connectivity index (χ1v) is 12.4. The van der Waals surface area contributed by atoms with Gasteiger partial charge >= 0.3 is 0 Å². The number of nitrogens with zero attached hydrogens (tertiary/aromatic N) is 1. The van der Waals surface area contributed by atoms with Gasteiger partial charge in [0.25, 0.3) is 0 Å². The van der Waals surface area contributed by atoms with Gasteiger partial charge in [-0.25, -0.2) is 4.98 Å². The zero-order chi connectivity index (χ0) is 25.9. The molecule has 0 atom stereocenters. The molecule has 0 spiro atoms. The quantitative estimate of drug-likeness (QED) is 0.164. The maximum absolute atomic E-state index is 12.3. The van der Waals surface area contributed by atoms with Crippen molar-refractivity contribution in [2.24, 2.45) is 0 Å². The number of carbonyl (C=O) groups is 1. The van der Waals surface area contributed by atoms with Gasteiger partial charge in [-0.15, -0.1) is 0 Å². The largest absolute Gasteiger partial charge is 0.457 e. The summed E-state index contributed by atoms with van der Waals surface area (Å²) in [5.74, 6) is 1.10. The lowest BCUT2D eigenvalue weighted by Crippen LogP contribution is -2.32. The van der Waals surface area contributed by atoms with E-state index in [1.807, 2.05) is 12.1 Å². The molecule has 0 aliphatic heterocycles. The van der Waals surface area contributed by atoms with Crippen LogP contribution in [0, 0.1) is 0 Å². The summed E-state index contributed by atoms with van der Waals surface area (Å²) in [7, 11) is 0. The summed E-state index contributed by atoms with van der Waals surface area (Å²) in [6, 6.07) is 21.2. The molecule has 6 nitrogen and oxygen atoms in total. The maximum atomic E-state index is 12.3. The Morgan fingerprint density at radius 2 is 1.65 bits per heavy atom. The predicted molar refractivity (Wildman–Crippen MR) is 152 cm³/mol. The molecule has 0 aliphatic carbocycles. The van der Waals surface area contributed by atoms with Crippen molar-refractivity contribution in [1.29, 1.82) is 0 Å². The minimum absolute atomic E-state index is 0.145. The highest BCUT2D eigenvalue weighted by Gasteiger charge is 2.10. The van der Waals surface area contributed by atoms with Crippen LogP contribution in [0.1, 0.15) is 5.76 Å². The third kappa shape index (κ3) is 6.03. The van der Waals surface area contributed by atoms with Crippen LogP contribution in [0.2, 0.25) is 15.1 Å². The van der Waals surface area contributed by atoms with Crippen molar-refractivity contribution < 1.29 is 13.6 Å². The van der Waals surface area contributed by atoms with Crippen molar-refractivity contribution in [3.63, 3.8) is 0 Å². The molecule has 0 aliphatic rings. The van der Waals surface area contributed by atoms with Gasteiger partial charge in [0.05, 0.1) is 5.02 Å². The number of halogens is 3. The lowest BCUT2D eigenvalue weighted by molar-refractivity contribution is -0.115. The zero-order valence-corrected chi connectivity index (χ0v) is 21.9. The van der Waals surface area contributed by atoms with Crippen LogP contribution in [0.25, 0.3) is 40.0 Å². The number of fused-ring (bicyclic) bond motifs is 1. The van der Waals surface area contributed by atoms with Gasteiger partial charge in [-0.3, -0.25) is 10.1 Å². The second-order valence-corrected chi connectivity index (χ2v) is 9.50. The first-order chi connectivity index (χ1) is 17.8. The number of anilines is 1. The van der Waals surface area contributed by atoms with Crippen LogP contribution >= 0.6 is 47.0 Å². The maximum Gasteiger partial charge on any atom is 0.250 e. The lowest BCUT2D eigenvalue weighted by atomic mass is 10.2. The van der Waals surface area contributed by atoms with Crippen molar-refractivity contribution in [3.8, 4) is 22.8 Å². The Hall–Kier alpha value is -3.62. The van der Waals surface area contributed by atoms with Crippen molar-refractivity contribution in [1.82, 2.24) is 10.3 Å². The minimum atomic E-state index is -0.415. The smallest absolute Gasteiger partial charge is 0.250 e. The molecule has 0 fully saturated rings. The topological polar surface area (TPSA) is 80.3 Å². The van der Waals surface area contributed by atoms with Crippen molar-refractivity contribution in [2.75, 3.05) is 5.32 Å². The van der Waals surface area contributed by atoms with Crippen molar-refractivity contribution in [3.05, 3.63) is 99.7 Å². The first kappa shape index (κ1) is 25.0. The summed E-state index contributed by atoms with van der Waals surface area (Å²) in [5.41, 5.74) is 3.51. The van der Waals surface area contributed by atoms with Gasteiger partial charge < -0.3 is 14.2 Å². The molecule has 184 valence electrons. The highest BCUT2D eigenvalue weighted by Crippen LogP contribution is 2.32. The Labute approximate surface area is 231 Å². The second-order valence-electron chi connectivity index (χ2n) is 7.81. The normalized spacial score (nSPS) is 11.2. The number of thiocarbonyl (C=S) groups is 1. The van der Waals surface area contributed by atoms with E-state index in [1.165, 1.54) is 12.2 Å². The minimum Gasteiger partial charge on any atom is -0.457 e. The molecule has 0 saturated heterocycles. The van der Waals surface area contributed by atoms with Crippen LogP contribution in [0.5, 0.6) is 0 Å². The molecule has 5 aromatic rings. The lowest BCUT2D eigenvalue weighted by Gasteiger charge is -2.08. The molecule has 2 aromatic heterocycles. The molecule has 0 saturated carbocycles. The Kier molecular flexibility index (Phi) is 7.30. The van der Waals surface area contributed by atoms with E-state index in [9.17, 15) is 4.79 Å². The number of nitrogens with one attached hydrogen (secondary N) is 2. The standard InChI is InChI=1S/C27H16Cl3N3O3S/c28-16-3-9-20(21(30)13-16)23-11-7-19(35-23)8-12-25(34)33-27(37)31-18-5-1-15(2-6-18)26-32-22-14-17(29)4-10-24(22)36-26/h1-14H,(H2,31,33,34,37)/b12-8+. The number of oxazole rings is 1. The van der Waals surface area contributed by atoms with Gasteiger partial charge in [-0.1, -0.05) is 34.8 Å². The molecule has 0 unspecified atom stereocenters. The molecule has 0 bridgehead atoms. The molecule has 2 heterocycles. The van der Waals surface area contributed by atoms with Gasteiger partial charge in [0, 0.05) is 32.9 Å². The summed E-state index contributed by atoms with van der Waals surface area (Å²) in [5, 5.41) is 7.31. The van der Waals surface area contributed by atoms with E-state index in [2.05, 4.69) is 15.6 Å². The van der Waals surface area contributed by atoms with Crippen LogP contribution in [0.3, 0.4) is 0 Å².